The molecule has 47 heavy (non-hydrogen) atoms. The molecule has 2 aliphatic rings. The standard InChI is InChI=1S/C33H40N4O10/c38-27(35-25-11-7-10-24-29(25)32(42)37(31(24)41)26-13-14-28(39)36-30(26)40)12-5-2-6-16-44-18-20-46-21-19-45-17-15-34-33(43)47-22-23-8-3-1-4-9-23/h1,3-4,7-11,26H,2,5-6,12-22H2,(H,34,43)(H,35,38)(H,36,39,40). The van der Waals surface area contributed by atoms with E-state index in [-0.39, 0.29) is 48.6 Å². The van der Waals surface area contributed by atoms with E-state index in [9.17, 15) is 28.8 Å². The summed E-state index contributed by atoms with van der Waals surface area (Å²) in [6, 6.07) is 12.9. The number of fused-ring (bicyclic) bond motifs is 1. The molecule has 1 fully saturated rings. The molecular weight excluding hydrogens is 612 g/mol. The number of anilines is 1. The summed E-state index contributed by atoms with van der Waals surface area (Å²) in [4.78, 5) is 75.0. The average Bonchev–Trinajstić information content (AvgIpc) is 3.32. The zero-order valence-corrected chi connectivity index (χ0v) is 26.1. The number of unbranched alkanes of at least 4 members (excludes halogenated alkanes) is 2. The van der Waals surface area contributed by atoms with Crippen molar-refractivity contribution in [1.82, 2.24) is 15.5 Å². The van der Waals surface area contributed by atoms with Crippen LogP contribution in [0.5, 0.6) is 0 Å². The number of piperidine rings is 1. The fraction of sp³-hybridized carbons (Fsp3) is 0.455. The molecule has 0 bridgehead atoms. The van der Waals surface area contributed by atoms with Gasteiger partial charge in [-0.05, 0) is 37.0 Å². The largest absolute Gasteiger partial charge is 0.445 e. The number of hydrogen-bond acceptors (Lipinski definition) is 10. The predicted molar refractivity (Wildman–Crippen MR) is 167 cm³/mol. The minimum atomic E-state index is -1.07. The van der Waals surface area contributed by atoms with Gasteiger partial charge >= 0.3 is 6.09 Å². The van der Waals surface area contributed by atoms with E-state index in [4.69, 9.17) is 18.9 Å². The third kappa shape index (κ3) is 10.7. The van der Waals surface area contributed by atoms with E-state index in [2.05, 4.69) is 16.0 Å². The van der Waals surface area contributed by atoms with Crippen LogP contribution in [0.25, 0.3) is 0 Å². The van der Waals surface area contributed by atoms with Crippen molar-refractivity contribution in [2.75, 3.05) is 51.5 Å². The van der Waals surface area contributed by atoms with Gasteiger partial charge in [0.05, 0.1) is 49.8 Å². The Hall–Kier alpha value is -4.66. The zero-order chi connectivity index (χ0) is 33.4. The van der Waals surface area contributed by atoms with Crippen LogP contribution < -0.4 is 16.0 Å². The van der Waals surface area contributed by atoms with Gasteiger partial charge in [-0.3, -0.25) is 34.2 Å². The maximum atomic E-state index is 13.2. The van der Waals surface area contributed by atoms with E-state index in [0.717, 1.165) is 23.3 Å². The molecule has 1 unspecified atom stereocenters. The number of imide groups is 2. The number of nitrogens with one attached hydrogen (secondary N) is 3. The number of ether oxygens (including phenoxy) is 4. The van der Waals surface area contributed by atoms with E-state index in [1.807, 2.05) is 30.3 Å². The van der Waals surface area contributed by atoms with Crippen LogP contribution in [-0.2, 0) is 39.9 Å². The van der Waals surface area contributed by atoms with Gasteiger partial charge in [0.1, 0.15) is 12.6 Å². The van der Waals surface area contributed by atoms with Gasteiger partial charge in [-0.15, -0.1) is 0 Å². The van der Waals surface area contributed by atoms with E-state index >= 15 is 0 Å². The van der Waals surface area contributed by atoms with Crippen LogP contribution in [0, 0.1) is 0 Å². The smallest absolute Gasteiger partial charge is 0.407 e. The normalized spacial score (nSPS) is 15.7. The van der Waals surface area contributed by atoms with Gasteiger partial charge in [-0.1, -0.05) is 42.8 Å². The lowest BCUT2D eigenvalue weighted by molar-refractivity contribution is -0.136. The van der Waals surface area contributed by atoms with Crippen molar-refractivity contribution in [3.05, 3.63) is 65.2 Å². The SMILES string of the molecule is O=C1CCC(N2C(=O)c3cccc(NC(=O)CCCCCOCCOCCOCCNC(=O)OCc4ccccc4)c3C2=O)C(=O)N1. The third-order valence-corrected chi connectivity index (χ3v) is 7.41. The second-order valence-electron chi connectivity index (χ2n) is 10.9. The first-order chi connectivity index (χ1) is 22.8. The molecule has 6 amide bonds. The maximum absolute atomic E-state index is 13.2. The van der Waals surface area contributed by atoms with Crippen molar-refractivity contribution in [3.63, 3.8) is 0 Å². The zero-order valence-electron chi connectivity index (χ0n) is 26.1. The van der Waals surface area contributed by atoms with E-state index in [1.54, 1.807) is 12.1 Å². The van der Waals surface area contributed by atoms with Gasteiger partial charge < -0.3 is 29.6 Å². The van der Waals surface area contributed by atoms with Crippen LogP contribution >= 0.6 is 0 Å². The van der Waals surface area contributed by atoms with Crippen LogP contribution in [0.2, 0.25) is 0 Å². The molecule has 252 valence electrons. The van der Waals surface area contributed by atoms with Gasteiger partial charge in [-0.25, -0.2) is 4.79 Å². The van der Waals surface area contributed by atoms with Crippen LogP contribution in [0.3, 0.4) is 0 Å². The minimum absolute atomic E-state index is 0.0272. The molecule has 14 nitrogen and oxygen atoms in total. The van der Waals surface area contributed by atoms with Crippen molar-refractivity contribution in [1.29, 1.82) is 0 Å². The minimum Gasteiger partial charge on any atom is -0.445 e. The fourth-order valence-electron chi connectivity index (χ4n) is 5.04. The van der Waals surface area contributed by atoms with Crippen molar-refractivity contribution in [2.45, 2.75) is 51.2 Å². The van der Waals surface area contributed by atoms with Gasteiger partial charge in [-0.2, -0.15) is 0 Å². The number of carbonyl (C=O) groups excluding carboxylic acids is 6. The molecule has 4 rings (SSSR count). The highest BCUT2D eigenvalue weighted by Crippen LogP contribution is 2.32. The molecule has 2 aromatic rings. The van der Waals surface area contributed by atoms with Crippen LogP contribution in [0.1, 0.15) is 64.8 Å². The van der Waals surface area contributed by atoms with Crippen molar-refractivity contribution in [2.24, 2.45) is 0 Å². The molecule has 2 aromatic carbocycles. The molecule has 14 heteroatoms. The highest BCUT2D eigenvalue weighted by Gasteiger charge is 2.45. The number of carbonyl (C=O) groups is 6. The Bertz CT molecular complexity index is 1420. The third-order valence-electron chi connectivity index (χ3n) is 7.41. The van der Waals surface area contributed by atoms with Crippen LogP contribution in [0.15, 0.2) is 48.5 Å². The number of benzene rings is 2. The molecule has 0 aromatic heterocycles. The molecule has 2 heterocycles. The van der Waals surface area contributed by atoms with Crippen molar-refractivity contribution >= 4 is 41.3 Å². The predicted octanol–water partition coefficient (Wildman–Crippen LogP) is 2.56. The summed E-state index contributed by atoms with van der Waals surface area (Å²) >= 11 is 0. The molecule has 0 aliphatic carbocycles. The quantitative estimate of drug-likeness (QED) is 0.151. The second-order valence-corrected chi connectivity index (χ2v) is 10.9. The van der Waals surface area contributed by atoms with Crippen molar-refractivity contribution in [3.8, 4) is 0 Å². The Morgan fingerprint density at radius 1 is 0.809 bits per heavy atom. The monoisotopic (exact) mass is 652 g/mol. The highest BCUT2D eigenvalue weighted by atomic mass is 16.6. The van der Waals surface area contributed by atoms with Gasteiger partial charge in [0.2, 0.25) is 17.7 Å². The number of alkyl carbamates (subject to hydrolysis) is 1. The summed E-state index contributed by atoms with van der Waals surface area (Å²) < 4.78 is 21.6. The second kappa shape index (κ2) is 18.5. The molecule has 1 saturated heterocycles. The Morgan fingerprint density at radius 2 is 1.53 bits per heavy atom. The van der Waals surface area contributed by atoms with Crippen LogP contribution in [0.4, 0.5) is 10.5 Å². The van der Waals surface area contributed by atoms with E-state index in [0.29, 0.717) is 52.6 Å². The summed E-state index contributed by atoms with van der Waals surface area (Å²) in [7, 11) is 0. The molecule has 3 N–H and O–H groups in total. The Morgan fingerprint density at radius 3 is 2.28 bits per heavy atom. The average molecular weight is 653 g/mol. The Balaban J connectivity index is 0.988. The maximum Gasteiger partial charge on any atom is 0.407 e. The Kier molecular flexibility index (Phi) is 13.8. The lowest BCUT2D eigenvalue weighted by Crippen LogP contribution is -2.54. The summed E-state index contributed by atoms with van der Waals surface area (Å²) in [6.07, 6.45) is 1.92. The number of amides is 6. The number of hydrogen-bond donors (Lipinski definition) is 3. The van der Waals surface area contributed by atoms with Gasteiger partial charge in [0, 0.05) is 26.0 Å². The molecule has 1 atom stereocenters. The molecular formula is C33H40N4O10. The van der Waals surface area contributed by atoms with Gasteiger partial charge in [0.25, 0.3) is 11.8 Å². The van der Waals surface area contributed by atoms with E-state index in [1.165, 1.54) is 6.07 Å². The lowest BCUT2D eigenvalue weighted by Gasteiger charge is -2.27. The Labute approximate surface area is 272 Å². The summed E-state index contributed by atoms with van der Waals surface area (Å²) in [5.41, 5.74) is 1.28. The fourth-order valence-corrected chi connectivity index (χ4v) is 5.04. The molecule has 2 aliphatic heterocycles. The van der Waals surface area contributed by atoms with E-state index < -0.39 is 35.8 Å². The number of nitrogens with zero attached hydrogens (tertiary/aromatic N) is 1. The first kappa shape index (κ1) is 35.2. The topological polar surface area (TPSA) is 179 Å². The molecule has 0 radical (unpaired) electrons. The first-order valence-corrected chi connectivity index (χ1v) is 15.7. The molecule has 0 saturated carbocycles. The lowest BCUT2D eigenvalue weighted by atomic mass is 10.0. The number of rotatable bonds is 19. The highest BCUT2D eigenvalue weighted by molar-refractivity contribution is 6.26. The summed E-state index contributed by atoms with van der Waals surface area (Å²) in [6.45, 7) is 3.03. The van der Waals surface area contributed by atoms with Crippen LogP contribution in [-0.4, -0.2) is 92.8 Å². The first-order valence-electron chi connectivity index (χ1n) is 15.7. The van der Waals surface area contributed by atoms with Crippen molar-refractivity contribution < 1.29 is 47.7 Å². The van der Waals surface area contributed by atoms with Gasteiger partial charge in [0.15, 0.2) is 0 Å². The summed E-state index contributed by atoms with van der Waals surface area (Å²) in [5, 5.41) is 7.51. The molecule has 0 spiro atoms. The summed E-state index contributed by atoms with van der Waals surface area (Å²) in [5.74, 6) is -2.73.